The summed E-state index contributed by atoms with van der Waals surface area (Å²) in [5.74, 6) is -2.25. The Morgan fingerprint density at radius 2 is 1.76 bits per heavy atom. The van der Waals surface area contributed by atoms with Gasteiger partial charge in [-0.05, 0) is 30.5 Å². The zero-order chi connectivity index (χ0) is 15.6. The molecule has 1 aromatic carbocycles. The number of carbonyl (C=O) groups is 3. The van der Waals surface area contributed by atoms with Crippen LogP contribution in [0.5, 0.6) is 0 Å². The maximum Gasteiger partial charge on any atom is 0.323 e. The van der Waals surface area contributed by atoms with Gasteiger partial charge in [-0.25, -0.2) is 0 Å². The van der Waals surface area contributed by atoms with Crippen LogP contribution in [0, 0.1) is 0 Å². The molecule has 1 fully saturated rings. The monoisotopic (exact) mass is 354 g/mol. The molecule has 21 heavy (non-hydrogen) atoms. The minimum absolute atomic E-state index is 0.356. The Bertz CT molecular complexity index is 565. The largest absolute Gasteiger partial charge is 0.480 e. The maximum atomic E-state index is 12.6. The summed E-state index contributed by atoms with van der Waals surface area (Å²) < 4.78 is 0.897. The van der Waals surface area contributed by atoms with Crippen LogP contribution in [0.3, 0.4) is 0 Å². The molecule has 0 atom stereocenters. The van der Waals surface area contributed by atoms with Crippen molar-refractivity contribution in [1.29, 1.82) is 0 Å². The molecule has 6 nitrogen and oxygen atoms in total. The first-order valence-corrected chi connectivity index (χ1v) is 7.20. The smallest absolute Gasteiger partial charge is 0.323 e. The summed E-state index contributed by atoms with van der Waals surface area (Å²) >= 11 is 3.33. The predicted molar refractivity (Wildman–Crippen MR) is 78.5 cm³/mol. The number of hydrogen-bond donors (Lipinski definition) is 2. The van der Waals surface area contributed by atoms with Crippen molar-refractivity contribution in [3.05, 3.63) is 34.3 Å². The Hall–Kier alpha value is -1.89. The van der Waals surface area contributed by atoms with Crippen molar-refractivity contribution in [2.45, 2.75) is 18.3 Å². The highest BCUT2D eigenvalue weighted by molar-refractivity contribution is 9.10. The van der Waals surface area contributed by atoms with E-state index in [9.17, 15) is 14.4 Å². The van der Waals surface area contributed by atoms with Gasteiger partial charge in [-0.15, -0.1) is 0 Å². The highest BCUT2D eigenvalue weighted by Gasteiger charge is 2.53. The van der Waals surface area contributed by atoms with Gasteiger partial charge in [-0.2, -0.15) is 0 Å². The lowest BCUT2D eigenvalue weighted by molar-refractivity contribution is -0.146. The average Bonchev–Trinajstić information content (AvgIpc) is 3.18. The summed E-state index contributed by atoms with van der Waals surface area (Å²) in [5, 5.41) is 8.89. The molecule has 2 rings (SSSR count). The summed E-state index contributed by atoms with van der Waals surface area (Å²) in [5.41, 5.74) is 5.21. The molecule has 0 aromatic heterocycles. The summed E-state index contributed by atoms with van der Waals surface area (Å²) in [4.78, 5) is 35.6. The molecular formula is C14H15BrN2O4. The van der Waals surface area contributed by atoms with E-state index in [-0.39, 0.29) is 12.5 Å². The Labute approximate surface area is 130 Å². The standard InChI is InChI=1S/C14H15BrN2O4/c15-10-3-1-9(2-4-10)14(5-6-14)13(21)17(7-11(16)18)8-12(19)20/h1-4H,5-8H2,(H2,16,18)(H,19,20). The molecule has 0 saturated heterocycles. The highest BCUT2D eigenvalue weighted by Crippen LogP contribution is 2.49. The summed E-state index contributed by atoms with van der Waals surface area (Å²) in [6.07, 6.45) is 1.28. The molecule has 1 aliphatic carbocycles. The third-order valence-electron chi connectivity index (χ3n) is 3.52. The van der Waals surface area contributed by atoms with Crippen LogP contribution in [-0.4, -0.2) is 40.9 Å². The molecular weight excluding hydrogens is 340 g/mol. The van der Waals surface area contributed by atoms with Crippen LogP contribution in [-0.2, 0) is 19.8 Å². The van der Waals surface area contributed by atoms with E-state index in [4.69, 9.17) is 10.8 Å². The number of carbonyl (C=O) groups excluding carboxylic acids is 2. The van der Waals surface area contributed by atoms with Crippen LogP contribution in [0.1, 0.15) is 18.4 Å². The Morgan fingerprint density at radius 3 is 2.19 bits per heavy atom. The quantitative estimate of drug-likeness (QED) is 0.791. The van der Waals surface area contributed by atoms with E-state index in [1.54, 1.807) is 0 Å². The Kier molecular flexibility index (Phi) is 4.32. The van der Waals surface area contributed by atoms with E-state index in [0.717, 1.165) is 14.9 Å². The number of nitrogens with zero attached hydrogens (tertiary/aromatic N) is 1. The van der Waals surface area contributed by atoms with Gasteiger partial charge in [0.2, 0.25) is 11.8 Å². The van der Waals surface area contributed by atoms with Crippen molar-refractivity contribution in [2.24, 2.45) is 5.73 Å². The van der Waals surface area contributed by atoms with Crippen LogP contribution in [0.4, 0.5) is 0 Å². The third kappa shape index (κ3) is 3.41. The molecule has 0 aliphatic heterocycles. The first kappa shape index (κ1) is 15.5. The van der Waals surface area contributed by atoms with E-state index in [2.05, 4.69) is 15.9 Å². The number of benzene rings is 1. The number of primary amides is 1. The fourth-order valence-corrected chi connectivity index (χ4v) is 2.64. The number of carboxylic acids is 1. The van der Waals surface area contributed by atoms with Crippen molar-refractivity contribution < 1.29 is 19.5 Å². The van der Waals surface area contributed by atoms with Gasteiger partial charge in [0.1, 0.15) is 6.54 Å². The molecule has 0 spiro atoms. The fourth-order valence-electron chi connectivity index (χ4n) is 2.37. The summed E-state index contributed by atoms with van der Waals surface area (Å²) in [6, 6.07) is 7.33. The summed E-state index contributed by atoms with van der Waals surface area (Å²) in [7, 11) is 0. The molecule has 1 aromatic rings. The molecule has 1 saturated carbocycles. The van der Waals surface area contributed by atoms with Crippen LogP contribution < -0.4 is 5.73 Å². The number of amides is 2. The average molecular weight is 355 g/mol. The minimum atomic E-state index is -1.17. The molecule has 7 heteroatoms. The fraction of sp³-hybridized carbons (Fsp3) is 0.357. The normalized spacial score (nSPS) is 15.3. The van der Waals surface area contributed by atoms with Gasteiger partial charge in [-0.3, -0.25) is 14.4 Å². The van der Waals surface area contributed by atoms with E-state index in [1.165, 1.54) is 0 Å². The molecule has 1 aliphatic rings. The van der Waals surface area contributed by atoms with E-state index < -0.39 is 23.8 Å². The Morgan fingerprint density at radius 1 is 1.19 bits per heavy atom. The van der Waals surface area contributed by atoms with Gasteiger partial charge in [0.15, 0.2) is 0 Å². The number of carboxylic acid groups (broad SMARTS) is 1. The van der Waals surface area contributed by atoms with Gasteiger partial charge in [-0.1, -0.05) is 28.1 Å². The zero-order valence-electron chi connectivity index (χ0n) is 11.2. The number of halogens is 1. The maximum absolute atomic E-state index is 12.6. The van der Waals surface area contributed by atoms with Gasteiger partial charge in [0, 0.05) is 4.47 Å². The number of rotatable bonds is 6. The highest BCUT2D eigenvalue weighted by atomic mass is 79.9. The van der Waals surface area contributed by atoms with Crippen LogP contribution >= 0.6 is 15.9 Å². The summed E-state index contributed by atoms with van der Waals surface area (Å²) in [6.45, 7) is -0.913. The van der Waals surface area contributed by atoms with Crippen molar-refractivity contribution in [3.8, 4) is 0 Å². The van der Waals surface area contributed by atoms with Crippen molar-refractivity contribution in [3.63, 3.8) is 0 Å². The molecule has 0 unspecified atom stereocenters. The Balaban J connectivity index is 2.24. The minimum Gasteiger partial charge on any atom is -0.480 e. The predicted octanol–water partition coefficient (Wildman–Crippen LogP) is 0.879. The van der Waals surface area contributed by atoms with E-state index in [0.29, 0.717) is 12.8 Å². The number of aliphatic carboxylic acids is 1. The van der Waals surface area contributed by atoms with Gasteiger partial charge >= 0.3 is 5.97 Å². The van der Waals surface area contributed by atoms with E-state index >= 15 is 0 Å². The second-order valence-corrected chi connectivity index (χ2v) is 6.03. The molecule has 0 radical (unpaired) electrons. The van der Waals surface area contributed by atoms with Crippen molar-refractivity contribution in [1.82, 2.24) is 4.90 Å². The lowest BCUT2D eigenvalue weighted by atomic mass is 9.94. The lowest BCUT2D eigenvalue weighted by Gasteiger charge is -2.25. The van der Waals surface area contributed by atoms with Gasteiger partial charge in [0.25, 0.3) is 0 Å². The SMILES string of the molecule is NC(=O)CN(CC(=O)O)C(=O)C1(c2ccc(Br)cc2)CC1. The zero-order valence-corrected chi connectivity index (χ0v) is 12.8. The van der Waals surface area contributed by atoms with E-state index in [1.807, 2.05) is 24.3 Å². The van der Waals surface area contributed by atoms with Gasteiger partial charge in [0.05, 0.1) is 12.0 Å². The van der Waals surface area contributed by atoms with Crippen LogP contribution in [0.2, 0.25) is 0 Å². The molecule has 112 valence electrons. The lowest BCUT2D eigenvalue weighted by Crippen LogP contribution is -2.46. The van der Waals surface area contributed by atoms with Crippen LogP contribution in [0.15, 0.2) is 28.7 Å². The number of nitrogens with two attached hydrogens (primary N) is 1. The molecule has 0 bridgehead atoms. The molecule has 3 N–H and O–H groups in total. The second kappa shape index (κ2) is 5.85. The topological polar surface area (TPSA) is 101 Å². The van der Waals surface area contributed by atoms with Crippen molar-refractivity contribution in [2.75, 3.05) is 13.1 Å². The first-order chi connectivity index (χ1) is 9.85. The second-order valence-electron chi connectivity index (χ2n) is 5.11. The molecule has 2 amide bonds. The number of hydrogen-bond acceptors (Lipinski definition) is 3. The van der Waals surface area contributed by atoms with Crippen LogP contribution in [0.25, 0.3) is 0 Å². The molecule has 0 heterocycles. The third-order valence-corrected chi connectivity index (χ3v) is 4.04. The first-order valence-electron chi connectivity index (χ1n) is 6.41. The van der Waals surface area contributed by atoms with Crippen molar-refractivity contribution >= 4 is 33.7 Å². The van der Waals surface area contributed by atoms with Gasteiger partial charge < -0.3 is 15.7 Å².